The van der Waals surface area contributed by atoms with E-state index >= 15 is 0 Å². The summed E-state index contributed by atoms with van der Waals surface area (Å²) in [6.45, 7) is 9.76. The van der Waals surface area contributed by atoms with Gasteiger partial charge in [-0.15, -0.1) is 0 Å². The molecule has 1 aromatic heterocycles. The van der Waals surface area contributed by atoms with E-state index in [4.69, 9.17) is 9.47 Å². The lowest BCUT2D eigenvalue weighted by Crippen LogP contribution is -2.55. The van der Waals surface area contributed by atoms with E-state index in [2.05, 4.69) is 10.3 Å². The molecule has 0 saturated carbocycles. The van der Waals surface area contributed by atoms with Crippen LogP contribution in [0.5, 0.6) is 0 Å². The van der Waals surface area contributed by atoms with Crippen LogP contribution < -0.4 is 20.7 Å². The zero-order valence-electron chi connectivity index (χ0n) is 20.0. The summed E-state index contributed by atoms with van der Waals surface area (Å²) in [6, 6.07) is -0.593. The molecular formula is C22H35F4N5O3. The van der Waals surface area contributed by atoms with Crippen LogP contribution >= 0.6 is 0 Å². The zero-order chi connectivity index (χ0) is 24.9. The van der Waals surface area contributed by atoms with E-state index in [0.717, 1.165) is 31.2 Å². The van der Waals surface area contributed by atoms with Gasteiger partial charge in [-0.2, -0.15) is 18.2 Å². The van der Waals surface area contributed by atoms with Gasteiger partial charge in [-0.05, 0) is 19.3 Å². The summed E-state index contributed by atoms with van der Waals surface area (Å²) in [5.41, 5.74) is -0.427. The summed E-state index contributed by atoms with van der Waals surface area (Å²) in [5, 5.41) is 3.16. The maximum atomic E-state index is 14.4. The smallest absolute Gasteiger partial charge is 0.379 e. The summed E-state index contributed by atoms with van der Waals surface area (Å²) in [7, 11) is 0. The van der Waals surface area contributed by atoms with E-state index in [0.29, 0.717) is 25.6 Å². The standard InChI is InChI=1S/C18H26F4N4O2.C4H9NO/c1-11(2)13(19)9-26-14(18(20,21)22)4-5-25-16(27)8-15(23-17(25)26)24-6-7-28-10-12(24)3;1-3-6-4-2-5-1/h8,11-14H,4-7,9-10H2,1-3H3;5H,1-4H2/t12-,13?,14+;/m1./s1. The highest BCUT2D eigenvalue weighted by Crippen LogP contribution is 2.35. The van der Waals surface area contributed by atoms with Crippen LogP contribution in [0.2, 0.25) is 0 Å². The van der Waals surface area contributed by atoms with Crippen molar-refractivity contribution in [3.8, 4) is 0 Å². The predicted octanol–water partition coefficient (Wildman–Crippen LogP) is 2.21. The van der Waals surface area contributed by atoms with Gasteiger partial charge in [-0.1, -0.05) is 13.8 Å². The number of nitrogens with zero attached hydrogens (tertiary/aromatic N) is 4. The van der Waals surface area contributed by atoms with E-state index < -0.39 is 36.4 Å². The van der Waals surface area contributed by atoms with Gasteiger partial charge in [0.25, 0.3) is 5.56 Å². The van der Waals surface area contributed by atoms with Crippen molar-refractivity contribution in [3.05, 3.63) is 16.4 Å². The summed E-state index contributed by atoms with van der Waals surface area (Å²) in [5.74, 6) is -0.253. The maximum absolute atomic E-state index is 14.4. The molecule has 2 saturated heterocycles. The molecule has 8 nitrogen and oxygen atoms in total. The fourth-order valence-electron chi connectivity index (χ4n) is 4.14. The zero-order valence-corrected chi connectivity index (χ0v) is 20.0. The quantitative estimate of drug-likeness (QED) is 0.645. The van der Waals surface area contributed by atoms with E-state index in [1.807, 2.05) is 11.8 Å². The van der Waals surface area contributed by atoms with Crippen molar-refractivity contribution in [3.63, 3.8) is 0 Å². The molecule has 0 aromatic carbocycles. The lowest BCUT2D eigenvalue weighted by molar-refractivity contribution is -0.153. The first-order chi connectivity index (χ1) is 16.1. The number of hydrogen-bond donors (Lipinski definition) is 1. The Morgan fingerprint density at radius 3 is 2.41 bits per heavy atom. The number of morpholine rings is 2. The molecule has 12 heteroatoms. The molecular weight excluding hydrogens is 458 g/mol. The number of nitrogens with one attached hydrogen (secondary N) is 1. The van der Waals surface area contributed by atoms with Gasteiger partial charge in [0, 0.05) is 32.2 Å². The van der Waals surface area contributed by atoms with Crippen LogP contribution in [0.4, 0.5) is 29.3 Å². The predicted molar refractivity (Wildman–Crippen MR) is 121 cm³/mol. The van der Waals surface area contributed by atoms with Crippen LogP contribution in [0.3, 0.4) is 0 Å². The van der Waals surface area contributed by atoms with Gasteiger partial charge in [0.2, 0.25) is 5.95 Å². The third-order valence-electron chi connectivity index (χ3n) is 6.21. The minimum atomic E-state index is -4.54. The van der Waals surface area contributed by atoms with E-state index in [-0.39, 0.29) is 25.0 Å². The normalized spacial score (nSPS) is 24.4. The highest BCUT2D eigenvalue weighted by atomic mass is 19.4. The fourth-order valence-corrected chi connectivity index (χ4v) is 4.14. The number of aromatic nitrogens is 2. The first-order valence-corrected chi connectivity index (χ1v) is 11.8. The average Bonchev–Trinajstić information content (AvgIpc) is 2.80. The molecule has 1 aromatic rings. The molecule has 0 bridgehead atoms. The van der Waals surface area contributed by atoms with Crippen LogP contribution in [-0.4, -0.2) is 86.6 Å². The van der Waals surface area contributed by atoms with Gasteiger partial charge in [0.15, 0.2) is 0 Å². The van der Waals surface area contributed by atoms with Crippen molar-refractivity contribution < 1.29 is 27.0 Å². The third-order valence-corrected chi connectivity index (χ3v) is 6.21. The molecule has 0 aliphatic carbocycles. The van der Waals surface area contributed by atoms with Crippen molar-refractivity contribution in [2.75, 3.05) is 62.4 Å². The molecule has 4 rings (SSSR count). The van der Waals surface area contributed by atoms with Crippen LogP contribution in [-0.2, 0) is 16.0 Å². The Balaban J connectivity index is 0.000000469. The number of alkyl halides is 4. The SMILES string of the molecule is C1COCCN1.CC(C)C(F)CN1c2nc(N3CCOC[C@H]3C)cc(=O)n2CC[C@H]1C(F)(F)F. The molecule has 4 heterocycles. The molecule has 0 spiro atoms. The van der Waals surface area contributed by atoms with Gasteiger partial charge in [-0.25, -0.2) is 4.39 Å². The average molecular weight is 494 g/mol. The molecule has 34 heavy (non-hydrogen) atoms. The van der Waals surface area contributed by atoms with Crippen LogP contribution in [0.25, 0.3) is 0 Å². The monoisotopic (exact) mass is 493 g/mol. The van der Waals surface area contributed by atoms with Crippen molar-refractivity contribution in [1.82, 2.24) is 14.9 Å². The Morgan fingerprint density at radius 2 is 1.88 bits per heavy atom. The highest BCUT2D eigenvalue weighted by Gasteiger charge is 2.47. The molecule has 3 atom stereocenters. The van der Waals surface area contributed by atoms with E-state index in [1.54, 1.807) is 13.8 Å². The van der Waals surface area contributed by atoms with E-state index in [1.165, 1.54) is 10.6 Å². The Kier molecular flexibility index (Phi) is 9.16. The summed E-state index contributed by atoms with van der Waals surface area (Å²) in [4.78, 5) is 19.8. The van der Waals surface area contributed by atoms with Gasteiger partial charge in [0.05, 0.1) is 39.0 Å². The van der Waals surface area contributed by atoms with Crippen LogP contribution in [0.1, 0.15) is 27.2 Å². The Morgan fingerprint density at radius 1 is 1.18 bits per heavy atom. The van der Waals surface area contributed by atoms with E-state index in [9.17, 15) is 22.4 Å². The second-order valence-electron chi connectivity index (χ2n) is 9.14. The molecule has 3 aliphatic rings. The first kappa shape index (κ1) is 26.7. The molecule has 0 amide bonds. The van der Waals surface area contributed by atoms with Crippen LogP contribution in [0, 0.1) is 5.92 Å². The van der Waals surface area contributed by atoms with Crippen LogP contribution in [0.15, 0.2) is 10.9 Å². The Bertz CT molecular complexity index is 835. The first-order valence-electron chi connectivity index (χ1n) is 11.8. The Labute approximate surface area is 197 Å². The maximum Gasteiger partial charge on any atom is 0.408 e. The topological polar surface area (TPSA) is 71.9 Å². The third kappa shape index (κ3) is 6.60. The minimum absolute atomic E-state index is 0.0660. The fraction of sp³-hybridized carbons (Fsp3) is 0.818. The number of fused-ring (bicyclic) bond motifs is 1. The molecule has 0 radical (unpaired) electrons. The molecule has 3 aliphatic heterocycles. The molecule has 194 valence electrons. The number of anilines is 2. The van der Waals surface area contributed by atoms with Crippen molar-refractivity contribution in [1.29, 1.82) is 0 Å². The largest absolute Gasteiger partial charge is 0.408 e. The Hall–Kier alpha value is -1.92. The summed E-state index contributed by atoms with van der Waals surface area (Å²) in [6.07, 6.45) is -6.32. The molecule has 2 fully saturated rings. The summed E-state index contributed by atoms with van der Waals surface area (Å²) < 4.78 is 67.0. The lowest BCUT2D eigenvalue weighted by atomic mass is 10.0. The van der Waals surface area contributed by atoms with Gasteiger partial charge < -0.3 is 24.6 Å². The van der Waals surface area contributed by atoms with Crippen molar-refractivity contribution >= 4 is 11.8 Å². The summed E-state index contributed by atoms with van der Waals surface area (Å²) >= 11 is 0. The number of halogens is 4. The number of hydrogen-bond acceptors (Lipinski definition) is 7. The minimum Gasteiger partial charge on any atom is -0.379 e. The second-order valence-corrected chi connectivity index (χ2v) is 9.14. The number of ether oxygens (including phenoxy) is 2. The molecule has 1 unspecified atom stereocenters. The second kappa shape index (κ2) is 11.7. The number of rotatable bonds is 4. The molecule has 1 N–H and O–H groups in total. The van der Waals surface area contributed by atoms with Crippen molar-refractivity contribution in [2.24, 2.45) is 5.92 Å². The highest BCUT2D eigenvalue weighted by molar-refractivity contribution is 5.47. The van der Waals surface area contributed by atoms with Gasteiger partial charge in [-0.3, -0.25) is 9.36 Å². The lowest BCUT2D eigenvalue weighted by Gasteiger charge is -2.41. The van der Waals surface area contributed by atoms with Gasteiger partial charge in [0.1, 0.15) is 18.0 Å². The van der Waals surface area contributed by atoms with Crippen molar-refractivity contribution in [2.45, 2.75) is 58.2 Å². The van der Waals surface area contributed by atoms with Gasteiger partial charge >= 0.3 is 6.18 Å².